The minimum atomic E-state index is -3.65. The summed E-state index contributed by atoms with van der Waals surface area (Å²) >= 11 is 3.25. The normalized spacial score (nSPS) is 14.8. The molecule has 0 bridgehead atoms. The highest BCUT2D eigenvalue weighted by atomic mass is 32.2. The summed E-state index contributed by atoms with van der Waals surface area (Å²) in [6.45, 7) is 0. The molecule has 0 spiro atoms. The first kappa shape index (κ1) is 22.7. The lowest BCUT2D eigenvalue weighted by Crippen LogP contribution is -2.31. The van der Waals surface area contributed by atoms with Crippen molar-refractivity contribution in [2.45, 2.75) is 24.6 Å². The molecule has 1 atom stereocenters. The largest absolute Gasteiger partial charge is 0.269 e. The fraction of sp³-hybridized carbons (Fsp3) is 0.227. The third-order valence-corrected chi connectivity index (χ3v) is 8.39. The van der Waals surface area contributed by atoms with E-state index in [4.69, 9.17) is 4.98 Å². The van der Waals surface area contributed by atoms with Crippen molar-refractivity contribution >= 4 is 43.7 Å². The molecule has 1 aliphatic heterocycles. The van der Waals surface area contributed by atoms with E-state index in [9.17, 15) is 18.5 Å². The number of nitrogens with one attached hydrogen (secondary N) is 1. The summed E-state index contributed by atoms with van der Waals surface area (Å²) in [7, 11) is -3.65. The van der Waals surface area contributed by atoms with Crippen molar-refractivity contribution in [3.63, 3.8) is 0 Å². The highest BCUT2D eigenvalue weighted by Gasteiger charge is 2.24. The van der Waals surface area contributed by atoms with Crippen LogP contribution in [0.15, 0.2) is 66.1 Å². The molecule has 1 aromatic heterocycles. The zero-order valence-corrected chi connectivity index (χ0v) is 19.5. The molecule has 10 heteroatoms. The van der Waals surface area contributed by atoms with Crippen LogP contribution in [0.3, 0.4) is 0 Å². The monoisotopic (exact) mass is 487 g/mol. The molecule has 166 valence electrons. The van der Waals surface area contributed by atoms with Crippen molar-refractivity contribution in [1.82, 2.24) is 9.71 Å². The van der Waals surface area contributed by atoms with Gasteiger partial charge < -0.3 is 0 Å². The van der Waals surface area contributed by atoms with Crippen molar-refractivity contribution in [2.24, 2.45) is 0 Å². The van der Waals surface area contributed by atoms with E-state index in [1.54, 1.807) is 48.2 Å². The predicted molar refractivity (Wildman–Crippen MR) is 129 cm³/mol. The van der Waals surface area contributed by atoms with E-state index in [1.165, 1.54) is 23.5 Å². The number of hydrogen-bond donors (Lipinski definition) is 1. The average Bonchev–Trinajstić information content (AvgIpc) is 3.46. The number of benzene rings is 2. The van der Waals surface area contributed by atoms with Gasteiger partial charge in [-0.25, -0.2) is 18.1 Å². The highest BCUT2D eigenvalue weighted by molar-refractivity contribution is 8.08. The molecule has 0 saturated carbocycles. The molecule has 0 saturated heterocycles. The van der Waals surface area contributed by atoms with Gasteiger partial charge in [-0.05, 0) is 24.0 Å². The minimum Gasteiger partial charge on any atom is -0.258 e. The Labute approximate surface area is 194 Å². The van der Waals surface area contributed by atoms with E-state index in [-0.39, 0.29) is 11.4 Å². The maximum absolute atomic E-state index is 12.9. The Morgan fingerprint density at radius 1 is 1.09 bits per heavy atom. The highest BCUT2D eigenvalue weighted by Crippen LogP contribution is 2.36. The van der Waals surface area contributed by atoms with Gasteiger partial charge in [0.2, 0.25) is 10.0 Å². The van der Waals surface area contributed by atoms with Crippen LogP contribution in [0.4, 0.5) is 5.69 Å². The van der Waals surface area contributed by atoms with E-state index in [0.717, 1.165) is 27.6 Å². The predicted octanol–water partition coefficient (Wildman–Crippen LogP) is 4.93. The summed E-state index contributed by atoms with van der Waals surface area (Å²) in [6, 6.07) is 14.6. The molecule has 0 amide bonds. The second-order valence-electron chi connectivity index (χ2n) is 7.33. The molecule has 1 aliphatic rings. The fourth-order valence-electron chi connectivity index (χ4n) is 3.37. The van der Waals surface area contributed by atoms with Gasteiger partial charge in [0.15, 0.2) is 0 Å². The quantitative estimate of drug-likeness (QED) is 0.339. The van der Waals surface area contributed by atoms with E-state index in [1.807, 2.05) is 11.4 Å². The lowest BCUT2D eigenvalue weighted by atomic mass is 10.0. The number of hydrogen-bond acceptors (Lipinski definition) is 7. The van der Waals surface area contributed by atoms with Gasteiger partial charge in [0, 0.05) is 28.2 Å². The van der Waals surface area contributed by atoms with E-state index in [2.05, 4.69) is 10.8 Å². The topological polar surface area (TPSA) is 102 Å². The molecular weight excluding hydrogens is 466 g/mol. The van der Waals surface area contributed by atoms with E-state index in [0.29, 0.717) is 17.7 Å². The van der Waals surface area contributed by atoms with Gasteiger partial charge in [0.05, 0.1) is 22.4 Å². The first-order valence-corrected chi connectivity index (χ1v) is 13.5. The number of nitrogens with zero attached hydrogens (tertiary/aromatic N) is 2. The molecule has 0 radical (unpaired) electrons. The number of thiazole rings is 1. The number of thioether (sulfide) groups is 1. The van der Waals surface area contributed by atoms with Crippen LogP contribution in [0.25, 0.3) is 4.91 Å². The van der Waals surface area contributed by atoms with Gasteiger partial charge in [0.25, 0.3) is 5.69 Å². The summed E-state index contributed by atoms with van der Waals surface area (Å²) in [4.78, 5) is 16.3. The van der Waals surface area contributed by atoms with Crippen molar-refractivity contribution in [3.05, 3.63) is 98.0 Å². The summed E-state index contributed by atoms with van der Waals surface area (Å²) < 4.78 is 28.7. The van der Waals surface area contributed by atoms with Crippen LogP contribution in [0.5, 0.6) is 0 Å². The number of non-ortho nitro benzene ring substituents is 1. The molecule has 7 nitrogen and oxygen atoms in total. The molecular formula is C22H21N3O4S3. The molecule has 3 aromatic rings. The van der Waals surface area contributed by atoms with Gasteiger partial charge in [-0.15, -0.1) is 23.1 Å². The standard InChI is InChI=1S/C22H21N3O4S3/c26-25(27)18-10-8-16(9-11-18)13-19(20-14-31-22(23-20)21-7-4-12-30-21)24-32(28,29)15-17-5-2-1-3-6-17/h1-3,5-11,14,19,24H,4,12-13,15H2/t19-/m0/s1. The maximum atomic E-state index is 12.9. The molecule has 32 heavy (non-hydrogen) atoms. The van der Waals surface area contributed by atoms with Gasteiger partial charge in [0.1, 0.15) is 5.01 Å². The summed E-state index contributed by atoms with van der Waals surface area (Å²) in [5.74, 6) is 0.892. The lowest BCUT2D eigenvalue weighted by Gasteiger charge is -2.17. The molecule has 0 unspecified atom stereocenters. The number of aromatic nitrogens is 1. The Morgan fingerprint density at radius 2 is 1.84 bits per heavy atom. The Morgan fingerprint density at radius 3 is 2.50 bits per heavy atom. The zero-order valence-electron chi connectivity index (χ0n) is 17.0. The van der Waals surface area contributed by atoms with Gasteiger partial charge in [-0.2, -0.15) is 0 Å². The van der Waals surface area contributed by atoms with Crippen molar-refractivity contribution in [1.29, 1.82) is 0 Å². The third-order valence-electron chi connectivity index (χ3n) is 4.90. The van der Waals surface area contributed by atoms with Crippen LogP contribution < -0.4 is 4.72 Å². The molecule has 0 aliphatic carbocycles. The number of allylic oxidation sites excluding steroid dienone is 1. The molecule has 2 heterocycles. The summed E-state index contributed by atoms with van der Waals surface area (Å²) in [5.41, 5.74) is 2.12. The maximum Gasteiger partial charge on any atom is 0.269 e. The van der Waals surface area contributed by atoms with Crippen LogP contribution >= 0.6 is 23.1 Å². The SMILES string of the molecule is O=[N+]([O-])c1ccc(C[C@H](NS(=O)(=O)Cc2ccccc2)c2csc(C3=CCCS3)n2)cc1. The Hall–Kier alpha value is -2.53. The number of nitro groups is 1. The van der Waals surface area contributed by atoms with Crippen LogP contribution in [-0.4, -0.2) is 24.1 Å². The van der Waals surface area contributed by atoms with Crippen molar-refractivity contribution in [2.75, 3.05) is 5.75 Å². The fourth-order valence-corrected chi connectivity index (χ4v) is 6.72. The van der Waals surface area contributed by atoms with Crippen molar-refractivity contribution in [3.8, 4) is 0 Å². The second kappa shape index (κ2) is 9.95. The van der Waals surface area contributed by atoms with Crippen LogP contribution in [-0.2, 0) is 22.2 Å². The average molecular weight is 488 g/mol. The van der Waals surface area contributed by atoms with Gasteiger partial charge in [-0.3, -0.25) is 10.1 Å². The van der Waals surface area contributed by atoms with E-state index >= 15 is 0 Å². The Kier molecular flexibility index (Phi) is 7.04. The minimum absolute atomic E-state index is 0.00361. The van der Waals surface area contributed by atoms with Crippen LogP contribution in [0, 0.1) is 10.1 Å². The number of rotatable bonds is 9. The summed E-state index contributed by atoms with van der Waals surface area (Å²) in [6.07, 6.45) is 3.49. The van der Waals surface area contributed by atoms with E-state index < -0.39 is 21.0 Å². The Balaban J connectivity index is 1.59. The van der Waals surface area contributed by atoms with Crippen molar-refractivity contribution < 1.29 is 13.3 Å². The van der Waals surface area contributed by atoms with Gasteiger partial charge >= 0.3 is 0 Å². The first-order chi connectivity index (χ1) is 15.4. The number of nitro benzene ring substituents is 1. The first-order valence-electron chi connectivity index (χ1n) is 9.96. The Bertz CT molecular complexity index is 1220. The smallest absolute Gasteiger partial charge is 0.258 e. The number of sulfonamides is 1. The van der Waals surface area contributed by atoms with Gasteiger partial charge in [-0.1, -0.05) is 48.5 Å². The molecule has 1 N–H and O–H groups in total. The molecule has 4 rings (SSSR count). The second-order valence-corrected chi connectivity index (χ2v) is 11.1. The third kappa shape index (κ3) is 5.83. The molecule has 2 aromatic carbocycles. The zero-order chi connectivity index (χ0) is 22.6. The van der Waals surface area contributed by atoms with Crippen LogP contribution in [0.1, 0.15) is 34.3 Å². The molecule has 0 fully saturated rings. The lowest BCUT2D eigenvalue weighted by molar-refractivity contribution is -0.384. The summed E-state index contributed by atoms with van der Waals surface area (Å²) in [5, 5.41) is 13.7. The van der Waals surface area contributed by atoms with Crippen LogP contribution in [0.2, 0.25) is 0 Å².